The average molecular weight is 192 g/mol. The topological polar surface area (TPSA) is 26.3 Å². The van der Waals surface area contributed by atoms with Crippen LogP contribution in [0.2, 0.25) is 0 Å². The summed E-state index contributed by atoms with van der Waals surface area (Å²) < 4.78 is 5.23. The first-order chi connectivity index (χ1) is 6.70. The summed E-state index contributed by atoms with van der Waals surface area (Å²) in [6, 6.07) is 5.95. The maximum atomic E-state index is 10.4. The van der Waals surface area contributed by atoms with Crippen molar-refractivity contribution in [2.24, 2.45) is 0 Å². The molecule has 1 aromatic carbocycles. The summed E-state index contributed by atoms with van der Waals surface area (Å²) in [5.41, 5.74) is 2.32. The molecule has 0 radical (unpaired) electrons. The second-order valence-corrected chi connectivity index (χ2v) is 3.48. The Morgan fingerprint density at radius 3 is 2.79 bits per heavy atom. The van der Waals surface area contributed by atoms with Crippen LogP contribution in [-0.2, 0) is 4.79 Å². The summed E-state index contributed by atoms with van der Waals surface area (Å²) >= 11 is 0. The number of aldehydes is 1. The van der Waals surface area contributed by atoms with E-state index in [0.717, 1.165) is 17.6 Å². The van der Waals surface area contributed by atoms with Gasteiger partial charge in [-0.15, -0.1) is 0 Å². The maximum Gasteiger partial charge on any atom is 0.122 e. The third-order valence-corrected chi connectivity index (χ3v) is 2.53. The molecule has 0 saturated heterocycles. The van der Waals surface area contributed by atoms with E-state index in [0.29, 0.717) is 6.42 Å². The van der Waals surface area contributed by atoms with Gasteiger partial charge in [0.2, 0.25) is 0 Å². The summed E-state index contributed by atoms with van der Waals surface area (Å²) in [5.74, 6) is 1.16. The van der Waals surface area contributed by atoms with Crippen LogP contribution in [0.25, 0.3) is 0 Å². The molecule has 0 fully saturated rings. The lowest BCUT2D eigenvalue weighted by atomic mass is 9.94. The molecule has 2 nitrogen and oxygen atoms in total. The fourth-order valence-corrected chi connectivity index (χ4v) is 1.66. The molecule has 0 aliphatic rings. The van der Waals surface area contributed by atoms with E-state index in [9.17, 15) is 4.79 Å². The van der Waals surface area contributed by atoms with Gasteiger partial charge >= 0.3 is 0 Å². The second-order valence-electron chi connectivity index (χ2n) is 3.48. The van der Waals surface area contributed by atoms with E-state index in [2.05, 4.69) is 6.92 Å². The second kappa shape index (κ2) is 4.80. The van der Waals surface area contributed by atoms with Crippen LogP contribution in [0, 0.1) is 6.92 Å². The molecule has 0 aliphatic heterocycles. The number of carbonyl (C=O) groups excluding carboxylic acids is 1. The Bertz CT molecular complexity index is 318. The molecular weight excluding hydrogens is 176 g/mol. The molecular formula is C12H16O2. The largest absolute Gasteiger partial charge is 0.496 e. The molecule has 0 N–H and O–H groups in total. The minimum atomic E-state index is 0.266. The zero-order valence-corrected chi connectivity index (χ0v) is 8.91. The molecule has 0 aliphatic carbocycles. The van der Waals surface area contributed by atoms with Crippen molar-refractivity contribution in [1.29, 1.82) is 0 Å². The van der Waals surface area contributed by atoms with Gasteiger partial charge in [0.05, 0.1) is 7.11 Å². The molecule has 76 valence electrons. The van der Waals surface area contributed by atoms with Crippen LogP contribution in [0.4, 0.5) is 0 Å². The third kappa shape index (κ3) is 2.13. The highest BCUT2D eigenvalue weighted by Gasteiger charge is 2.10. The van der Waals surface area contributed by atoms with Gasteiger partial charge in [0, 0.05) is 6.42 Å². The number of hydrogen-bond donors (Lipinski definition) is 0. The first-order valence-electron chi connectivity index (χ1n) is 4.77. The van der Waals surface area contributed by atoms with Crippen LogP contribution >= 0.6 is 0 Å². The minimum Gasteiger partial charge on any atom is -0.496 e. The molecule has 1 aromatic rings. The smallest absolute Gasteiger partial charge is 0.122 e. The van der Waals surface area contributed by atoms with E-state index in [1.54, 1.807) is 7.11 Å². The Kier molecular flexibility index (Phi) is 3.69. The zero-order chi connectivity index (χ0) is 10.6. The predicted molar refractivity (Wildman–Crippen MR) is 56.8 cm³/mol. The molecule has 0 aromatic heterocycles. The lowest BCUT2D eigenvalue weighted by Gasteiger charge is -2.14. The summed E-state index contributed by atoms with van der Waals surface area (Å²) in [4.78, 5) is 10.4. The van der Waals surface area contributed by atoms with Crippen molar-refractivity contribution in [3.8, 4) is 5.75 Å². The molecule has 0 spiro atoms. The summed E-state index contributed by atoms with van der Waals surface area (Å²) in [6.07, 6.45) is 1.53. The van der Waals surface area contributed by atoms with Crippen LogP contribution in [-0.4, -0.2) is 13.4 Å². The van der Waals surface area contributed by atoms with Gasteiger partial charge in [-0.2, -0.15) is 0 Å². The van der Waals surface area contributed by atoms with Crippen molar-refractivity contribution in [2.45, 2.75) is 26.2 Å². The standard InChI is InChI=1S/C12H16O2/c1-9(7-8-13)11-5-4-6-12(14-3)10(11)2/h4-6,8-9H,7H2,1-3H3. The Morgan fingerprint density at radius 2 is 2.21 bits per heavy atom. The van der Waals surface area contributed by atoms with Crippen molar-refractivity contribution in [2.75, 3.05) is 7.11 Å². The molecule has 1 unspecified atom stereocenters. The van der Waals surface area contributed by atoms with E-state index in [4.69, 9.17) is 4.74 Å². The van der Waals surface area contributed by atoms with Crippen LogP contribution in [0.1, 0.15) is 30.4 Å². The van der Waals surface area contributed by atoms with Crippen LogP contribution in [0.15, 0.2) is 18.2 Å². The Hall–Kier alpha value is -1.31. The Labute approximate surface area is 84.9 Å². The summed E-state index contributed by atoms with van der Waals surface area (Å²) in [5, 5.41) is 0. The molecule has 1 rings (SSSR count). The number of hydrogen-bond acceptors (Lipinski definition) is 2. The highest BCUT2D eigenvalue weighted by Crippen LogP contribution is 2.28. The van der Waals surface area contributed by atoms with E-state index >= 15 is 0 Å². The van der Waals surface area contributed by atoms with Crippen molar-refractivity contribution >= 4 is 6.29 Å². The van der Waals surface area contributed by atoms with Gasteiger partial charge in [0.15, 0.2) is 0 Å². The van der Waals surface area contributed by atoms with Crippen molar-refractivity contribution in [3.63, 3.8) is 0 Å². The van der Waals surface area contributed by atoms with Gasteiger partial charge in [-0.3, -0.25) is 0 Å². The molecule has 0 amide bonds. The fraction of sp³-hybridized carbons (Fsp3) is 0.417. The van der Waals surface area contributed by atoms with Gasteiger partial charge < -0.3 is 9.53 Å². The van der Waals surface area contributed by atoms with Crippen molar-refractivity contribution < 1.29 is 9.53 Å². The molecule has 14 heavy (non-hydrogen) atoms. The molecule has 2 heteroatoms. The Balaban J connectivity index is 3.02. The number of ether oxygens (including phenoxy) is 1. The van der Waals surface area contributed by atoms with Gasteiger partial charge in [-0.1, -0.05) is 19.1 Å². The quantitative estimate of drug-likeness (QED) is 0.685. The first-order valence-corrected chi connectivity index (χ1v) is 4.77. The first kappa shape index (κ1) is 10.8. The Morgan fingerprint density at radius 1 is 1.50 bits per heavy atom. The highest BCUT2D eigenvalue weighted by molar-refractivity contribution is 5.52. The average Bonchev–Trinajstić information content (AvgIpc) is 2.18. The molecule has 1 atom stereocenters. The van der Waals surface area contributed by atoms with E-state index in [1.807, 2.05) is 25.1 Å². The number of carbonyl (C=O) groups is 1. The van der Waals surface area contributed by atoms with Crippen molar-refractivity contribution in [1.82, 2.24) is 0 Å². The fourth-order valence-electron chi connectivity index (χ4n) is 1.66. The number of methoxy groups -OCH3 is 1. The van der Waals surface area contributed by atoms with E-state index in [-0.39, 0.29) is 5.92 Å². The van der Waals surface area contributed by atoms with Crippen LogP contribution in [0.5, 0.6) is 5.75 Å². The summed E-state index contributed by atoms with van der Waals surface area (Å²) in [6.45, 7) is 4.08. The lowest BCUT2D eigenvalue weighted by Crippen LogP contribution is -1.99. The van der Waals surface area contributed by atoms with Crippen molar-refractivity contribution in [3.05, 3.63) is 29.3 Å². The minimum absolute atomic E-state index is 0.266. The third-order valence-electron chi connectivity index (χ3n) is 2.53. The zero-order valence-electron chi connectivity index (χ0n) is 8.91. The van der Waals surface area contributed by atoms with E-state index < -0.39 is 0 Å². The van der Waals surface area contributed by atoms with Crippen LogP contribution < -0.4 is 4.74 Å². The normalized spacial score (nSPS) is 12.2. The maximum absolute atomic E-state index is 10.4. The van der Waals surface area contributed by atoms with Gasteiger partial charge in [0.1, 0.15) is 12.0 Å². The van der Waals surface area contributed by atoms with Gasteiger partial charge in [-0.05, 0) is 30.0 Å². The number of benzene rings is 1. The predicted octanol–water partition coefficient (Wildman–Crippen LogP) is 2.70. The summed E-state index contributed by atoms with van der Waals surface area (Å²) in [7, 11) is 1.66. The van der Waals surface area contributed by atoms with E-state index in [1.165, 1.54) is 5.56 Å². The van der Waals surface area contributed by atoms with Crippen LogP contribution in [0.3, 0.4) is 0 Å². The number of rotatable bonds is 4. The monoisotopic (exact) mass is 192 g/mol. The lowest BCUT2D eigenvalue weighted by molar-refractivity contribution is -0.108. The van der Waals surface area contributed by atoms with Gasteiger partial charge in [0.25, 0.3) is 0 Å². The molecule has 0 heterocycles. The molecule has 0 bridgehead atoms. The SMILES string of the molecule is COc1cccc(C(C)CC=O)c1C. The van der Waals surface area contributed by atoms with Gasteiger partial charge in [-0.25, -0.2) is 0 Å². The highest BCUT2D eigenvalue weighted by atomic mass is 16.5. The molecule has 0 saturated carbocycles.